The normalized spacial score (nSPS) is 23.7. The molecule has 2 N–H and O–H groups in total. The van der Waals surface area contributed by atoms with Crippen molar-refractivity contribution in [3.8, 4) is 0 Å². The molecule has 0 amide bonds. The van der Waals surface area contributed by atoms with Crippen LogP contribution in [0.2, 0.25) is 5.02 Å². The highest BCUT2D eigenvalue weighted by Crippen LogP contribution is 2.28. The molecule has 0 aliphatic heterocycles. The Morgan fingerprint density at radius 1 is 1.32 bits per heavy atom. The van der Waals surface area contributed by atoms with Crippen LogP contribution >= 0.6 is 11.6 Å². The third-order valence-corrected chi connectivity index (χ3v) is 4.23. The van der Waals surface area contributed by atoms with Crippen LogP contribution in [0.3, 0.4) is 0 Å². The molecule has 1 aliphatic rings. The van der Waals surface area contributed by atoms with Gasteiger partial charge in [0.25, 0.3) is 0 Å². The van der Waals surface area contributed by atoms with Crippen molar-refractivity contribution in [2.45, 2.75) is 45.1 Å². The van der Waals surface area contributed by atoms with Gasteiger partial charge < -0.3 is 10.4 Å². The number of hydrogen-bond acceptors (Lipinski definition) is 2. The van der Waals surface area contributed by atoms with Gasteiger partial charge in [0.15, 0.2) is 0 Å². The smallest absolute Gasteiger partial charge is 0.337 e. The van der Waals surface area contributed by atoms with Crippen molar-refractivity contribution < 1.29 is 9.90 Å². The Morgan fingerprint density at radius 3 is 2.74 bits per heavy atom. The molecule has 0 heterocycles. The van der Waals surface area contributed by atoms with Crippen molar-refractivity contribution in [1.82, 2.24) is 0 Å². The molecule has 3 nitrogen and oxygen atoms in total. The number of nitrogens with one attached hydrogen (secondary N) is 1. The molecule has 1 fully saturated rings. The monoisotopic (exact) mass is 281 g/mol. The molecule has 2 unspecified atom stereocenters. The fourth-order valence-corrected chi connectivity index (χ4v) is 2.96. The zero-order valence-electron chi connectivity index (χ0n) is 11.2. The predicted molar refractivity (Wildman–Crippen MR) is 78.1 cm³/mol. The fraction of sp³-hybridized carbons (Fsp3) is 0.533. The Labute approximate surface area is 119 Å². The number of rotatable bonds is 3. The Balaban J connectivity index is 2.10. The highest BCUT2D eigenvalue weighted by Gasteiger charge is 2.20. The van der Waals surface area contributed by atoms with Crippen LogP contribution < -0.4 is 5.32 Å². The summed E-state index contributed by atoms with van der Waals surface area (Å²) in [5.41, 5.74) is 1.06. The van der Waals surface area contributed by atoms with Gasteiger partial charge in [-0.25, -0.2) is 4.79 Å². The van der Waals surface area contributed by atoms with Crippen LogP contribution in [0, 0.1) is 5.92 Å². The highest BCUT2D eigenvalue weighted by atomic mass is 35.5. The SMILES string of the molecule is CC1CCCCCC1Nc1ccc(C(=O)O)c(Cl)c1. The number of hydrogen-bond donors (Lipinski definition) is 2. The van der Waals surface area contributed by atoms with E-state index in [9.17, 15) is 4.79 Å². The molecule has 0 bridgehead atoms. The van der Waals surface area contributed by atoms with Gasteiger partial charge in [-0.1, -0.05) is 37.8 Å². The third-order valence-electron chi connectivity index (χ3n) is 3.91. The van der Waals surface area contributed by atoms with Crippen LogP contribution in [-0.2, 0) is 0 Å². The Bertz CT molecular complexity index is 461. The van der Waals surface area contributed by atoms with Gasteiger partial charge in [0, 0.05) is 11.7 Å². The van der Waals surface area contributed by atoms with Crippen LogP contribution in [0.25, 0.3) is 0 Å². The summed E-state index contributed by atoms with van der Waals surface area (Å²) in [6.07, 6.45) is 6.28. The summed E-state index contributed by atoms with van der Waals surface area (Å²) in [4.78, 5) is 10.9. The molecule has 0 saturated heterocycles. The first-order valence-corrected chi connectivity index (χ1v) is 7.25. The van der Waals surface area contributed by atoms with Crippen molar-refractivity contribution >= 4 is 23.3 Å². The number of aromatic carboxylic acids is 1. The van der Waals surface area contributed by atoms with Crippen molar-refractivity contribution in [2.75, 3.05) is 5.32 Å². The molecule has 104 valence electrons. The van der Waals surface area contributed by atoms with Crippen molar-refractivity contribution in [3.05, 3.63) is 28.8 Å². The van der Waals surface area contributed by atoms with Gasteiger partial charge in [-0.3, -0.25) is 0 Å². The fourth-order valence-electron chi connectivity index (χ4n) is 2.70. The highest BCUT2D eigenvalue weighted by molar-refractivity contribution is 6.33. The van der Waals surface area contributed by atoms with Gasteiger partial charge in [0.2, 0.25) is 0 Å². The van der Waals surface area contributed by atoms with E-state index < -0.39 is 5.97 Å². The third kappa shape index (κ3) is 3.63. The lowest BCUT2D eigenvalue weighted by Gasteiger charge is -2.24. The summed E-state index contributed by atoms with van der Waals surface area (Å²) in [5, 5.41) is 12.7. The number of halogens is 1. The predicted octanol–water partition coefficient (Wildman–Crippen LogP) is 4.42. The van der Waals surface area contributed by atoms with E-state index in [0.717, 1.165) is 5.69 Å². The molecular formula is C15H20ClNO2. The topological polar surface area (TPSA) is 49.3 Å². The lowest BCUT2D eigenvalue weighted by Crippen LogP contribution is -2.26. The molecule has 0 spiro atoms. The van der Waals surface area contributed by atoms with Crippen LogP contribution in [0.15, 0.2) is 18.2 Å². The lowest BCUT2D eigenvalue weighted by molar-refractivity contribution is 0.0697. The summed E-state index contributed by atoms with van der Waals surface area (Å²) in [5.74, 6) is -0.347. The zero-order valence-corrected chi connectivity index (χ0v) is 11.9. The number of anilines is 1. The Hall–Kier alpha value is -1.22. The van der Waals surface area contributed by atoms with Crippen LogP contribution in [0.4, 0.5) is 5.69 Å². The second-order valence-electron chi connectivity index (χ2n) is 5.37. The first kappa shape index (κ1) is 14.2. The average molecular weight is 282 g/mol. The standard InChI is InChI=1S/C15H20ClNO2/c1-10-5-3-2-4-6-14(10)17-11-7-8-12(15(18)19)13(16)9-11/h7-10,14,17H,2-6H2,1H3,(H,18,19). The van der Waals surface area contributed by atoms with E-state index in [1.165, 1.54) is 32.1 Å². The van der Waals surface area contributed by atoms with E-state index in [-0.39, 0.29) is 5.56 Å². The molecule has 19 heavy (non-hydrogen) atoms. The van der Waals surface area contributed by atoms with Crippen LogP contribution in [0.1, 0.15) is 49.4 Å². The number of benzene rings is 1. The van der Waals surface area contributed by atoms with E-state index in [1.54, 1.807) is 18.2 Å². The molecule has 0 radical (unpaired) electrons. The molecule has 0 aromatic heterocycles. The summed E-state index contributed by atoms with van der Waals surface area (Å²) in [7, 11) is 0. The molecule has 1 aromatic rings. The Kier molecular flexibility index (Phi) is 4.70. The maximum atomic E-state index is 10.9. The average Bonchev–Trinajstić information content (AvgIpc) is 2.55. The number of carboxylic acids is 1. The molecule has 2 rings (SSSR count). The van der Waals surface area contributed by atoms with Gasteiger partial charge in [0.1, 0.15) is 0 Å². The summed E-state index contributed by atoms with van der Waals surface area (Å²) >= 11 is 5.99. The first-order chi connectivity index (χ1) is 9.08. The summed E-state index contributed by atoms with van der Waals surface area (Å²) in [6, 6.07) is 5.53. The van der Waals surface area contributed by atoms with E-state index in [4.69, 9.17) is 16.7 Å². The maximum absolute atomic E-state index is 10.9. The lowest BCUT2D eigenvalue weighted by atomic mass is 9.96. The molecule has 1 aliphatic carbocycles. The van der Waals surface area contributed by atoms with Gasteiger partial charge >= 0.3 is 5.97 Å². The van der Waals surface area contributed by atoms with Crippen molar-refractivity contribution in [1.29, 1.82) is 0 Å². The van der Waals surface area contributed by atoms with E-state index in [1.807, 2.05) is 0 Å². The zero-order chi connectivity index (χ0) is 13.8. The minimum Gasteiger partial charge on any atom is -0.478 e. The quantitative estimate of drug-likeness (QED) is 0.807. The molecule has 2 atom stereocenters. The molecular weight excluding hydrogens is 262 g/mol. The van der Waals surface area contributed by atoms with Crippen LogP contribution in [-0.4, -0.2) is 17.1 Å². The van der Waals surface area contributed by atoms with Crippen LogP contribution in [0.5, 0.6) is 0 Å². The van der Waals surface area contributed by atoms with Crippen molar-refractivity contribution in [2.24, 2.45) is 5.92 Å². The summed E-state index contributed by atoms with van der Waals surface area (Å²) in [6.45, 7) is 2.27. The number of carbonyl (C=O) groups is 1. The van der Waals surface area contributed by atoms with E-state index >= 15 is 0 Å². The molecule has 1 aromatic carbocycles. The van der Waals surface area contributed by atoms with Crippen molar-refractivity contribution in [3.63, 3.8) is 0 Å². The minimum absolute atomic E-state index is 0.154. The largest absolute Gasteiger partial charge is 0.478 e. The van der Waals surface area contributed by atoms with E-state index in [2.05, 4.69) is 12.2 Å². The second-order valence-corrected chi connectivity index (χ2v) is 5.77. The maximum Gasteiger partial charge on any atom is 0.337 e. The van der Waals surface area contributed by atoms with E-state index in [0.29, 0.717) is 17.0 Å². The van der Waals surface area contributed by atoms with Gasteiger partial charge in [-0.05, 0) is 37.0 Å². The first-order valence-electron chi connectivity index (χ1n) is 6.87. The van der Waals surface area contributed by atoms with Gasteiger partial charge in [-0.15, -0.1) is 0 Å². The molecule has 4 heteroatoms. The Morgan fingerprint density at radius 2 is 2.05 bits per heavy atom. The second kappa shape index (κ2) is 6.29. The summed E-state index contributed by atoms with van der Waals surface area (Å²) < 4.78 is 0. The number of carboxylic acid groups (broad SMARTS) is 1. The van der Waals surface area contributed by atoms with Gasteiger partial charge in [-0.2, -0.15) is 0 Å². The minimum atomic E-state index is -0.987. The molecule has 1 saturated carbocycles. The van der Waals surface area contributed by atoms with Gasteiger partial charge in [0.05, 0.1) is 10.6 Å².